The first-order valence-electron chi connectivity index (χ1n) is 6.86. The number of hydrogen-bond acceptors (Lipinski definition) is 3. The molecule has 0 N–H and O–H groups in total. The summed E-state index contributed by atoms with van der Waals surface area (Å²) in [6.07, 6.45) is 0. The van der Waals surface area contributed by atoms with E-state index in [2.05, 4.69) is 0 Å². The van der Waals surface area contributed by atoms with Gasteiger partial charge in [-0.1, -0.05) is 48.5 Å². The van der Waals surface area contributed by atoms with Crippen molar-refractivity contribution in [3.8, 4) is 0 Å². The molecule has 5 heteroatoms. The summed E-state index contributed by atoms with van der Waals surface area (Å²) in [5, 5.41) is 0. The molecule has 110 valence electrons. The summed E-state index contributed by atoms with van der Waals surface area (Å²) in [7, 11) is -3.44. The van der Waals surface area contributed by atoms with Gasteiger partial charge in [-0.2, -0.15) is 16.1 Å². The van der Waals surface area contributed by atoms with Gasteiger partial charge in [0.2, 0.25) is 10.0 Å². The predicted molar refractivity (Wildman–Crippen MR) is 86.7 cm³/mol. The van der Waals surface area contributed by atoms with Crippen molar-refractivity contribution in [1.82, 2.24) is 4.31 Å². The van der Waals surface area contributed by atoms with Gasteiger partial charge in [-0.3, -0.25) is 0 Å². The Kier molecular flexibility index (Phi) is 4.33. The highest BCUT2D eigenvalue weighted by Gasteiger charge is 2.35. The average Bonchev–Trinajstić information content (AvgIpc) is 2.47. The van der Waals surface area contributed by atoms with Crippen LogP contribution in [0.2, 0.25) is 0 Å². The van der Waals surface area contributed by atoms with E-state index in [1.165, 1.54) is 0 Å². The average molecular weight is 319 g/mol. The molecule has 21 heavy (non-hydrogen) atoms. The lowest BCUT2D eigenvalue weighted by molar-refractivity contribution is 0.346. The maximum absolute atomic E-state index is 12.9. The van der Waals surface area contributed by atoms with Crippen molar-refractivity contribution in [2.45, 2.75) is 17.5 Å². The Morgan fingerprint density at radius 1 is 0.952 bits per heavy atom. The van der Waals surface area contributed by atoms with Crippen LogP contribution in [0.25, 0.3) is 0 Å². The van der Waals surface area contributed by atoms with Gasteiger partial charge in [-0.25, -0.2) is 8.42 Å². The van der Waals surface area contributed by atoms with E-state index in [1.807, 2.05) is 36.4 Å². The summed E-state index contributed by atoms with van der Waals surface area (Å²) in [5.74, 6) is 1.75. The van der Waals surface area contributed by atoms with E-state index in [0.717, 1.165) is 17.1 Å². The molecular weight excluding hydrogens is 302 g/mol. The molecule has 0 radical (unpaired) electrons. The zero-order chi connectivity index (χ0) is 14.7. The van der Waals surface area contributed by atoms with Crippen molar-refractivity contribution in [3.63, 3.8) is 0 Å². The fraction of sp³-hybridized carbons (Fsp3) is 0.250. The van der Waals surface area contributed by atoms with E-state index in [9.17, 15) is 8.42 Å². The van der Waals surface area contributed by atoms with Crippen molar-refractivity contribution in [1.29, 1.82) is 0 Å². The Balaban J connectivity index is 1.92. The van der Waals surface area contributed by atoms with Gasteiger partial charge in [0.25, 0.3) is 0 Å². The second-order valence-electron chi connectivity index (χ2n) is 5.04. The van der Waals surface area contributed by atoms with Crippen LogP contribution in [0.4, 0.5) is 0 Å². The fourth-order valence-electron chi connectivity index (χ4n) is 2.29. The highest BCUT2D eigenvalue weighted by molar-refractivity contribution is 8.00. The summed E-state index contributed by atoms with van der Waals surface area (Å²) in [5.41, 5.74) is 1.02. The zero-order valence-corrected chi connectivity index (χ0v) is 13.2. The van der Waals surface area contributed by atoms with Crippen molar-refractivity contribution < 1.29 is 8.42 Å². The van der Waals surface area contributed by atoms with Crippen LogP contribution in [0.15, 0.2) is 65.6 Å². The molecule has 3 nitrogen and oxygen atoms in total. The molecule has 0 unspecified atom stereocenters. The standard InChI is InChI=1S/C16H17NO2S2/c18-21(19,16-9-5-2-6-10-16)17(15-12-20-13-15)11-14-7-3-1-4-8-14/h1-10,15H,11-13H2. The largest absolute Gasteiger partial charge is 0.243 e. The number of hydrogen-bond donors (Lipinski definition) is 0. The molecule has 1 fully saturated rings. The predicted octanol–water partition coefficient (Wildman–Crippen LogP) is 2.99. The first kappa shape index (κ1) is 14.6. The SMILES string of the molecule is O=S(=O)(c1ccccc1)N(Cc1ccccc1)C1CSC1. The monoisotopic (exact) mass is 319 g/mol. The molecule has 0 amide bonds. The molecule has 0 aliphatic carbocycles. The van der Waals surface area contributed by atoms with Gasteiger partial charge >= 0.3 is 0 Å². The third-order valence-corrected chi connectivity index (χ3v) is 6.71. The summed E-state index contributed by atoms with van der Waals surface area (Å²) in [6.45, 7) is 0.434. The van der Waals surface area contributed by atoms with E-state index in [-0.39, 0.29) is 6.04 Å². The van der Waals surface area contributed by atoms with Gasteiger partial charge in [0.1, 0.15) is 0 Å². The van der Waals surface area contributed by atoms with Crippen LogP contribution in [-0.4, -0.2) is 30.3 Å². The van der Waals surface area contributed by atoms with Crippen LogP contribution < -0.4 is 0 Å². The minimum atomic E-state index is -3.44. The lowest BCUT2D eigenvalue weighted by Crippen LogP contribution is -2.47. The molecule has 0 atom stereocenters. The maximum atomic E-state index is 12.9. The highest BCUT2D eigenvalue weighted by atomic mass is 32.2. The van der Waals surface area contributed by atoms with Crippen molar-refractivity contribution in [2.75, 3.05) is 11.5 Å². The first-order chi connectivity index (χ1) is 10.2. The Hall–Kier alpha value is -1.30. The summed E-state index contributed by atoms with van der Waals surface area (Å²) in [4.78, 5) is 0.373. The second kappa shape index (κ2) is 6.22. The van der Waals surface area contributed by atoms with E-state index >= 15 is 0 Å². The van der Waals surface area contributed by atoms with Crippen LogP contribution >= 0.6 is 11.8 Å². The van der Waals surface area contributed by atoms with Gasteiger partial charge < -0.3 is 0 Å². The van der Waals surface area contributed by atoms with Gasteiger partial charge in [-0.15, -0.1) is 0 Å². The minimum absolute atomic E-state index is 0.0976. The lowest BCUT2D eigenvalue weighted by atomic mass is 10.2. The normalized spacial score (nSPS) is 15.9. The summed E-state index contributed by atoms with van der Waals surface area (Å²) in [6, 6.07) is 18.6. The van der Waals surface area contributed by atoms with E-state index in [4.69, 9.17) is 0 Å². The van der Waals surface area contributed by atoms with Gasteiger partial charge in [-0.05, 0) is 17.7 Å². The Morgan fingerprint density at radius 2 is 1.52 bits per heavy atom. The van der Waals surface area contributed by atoms with Crippen molar-refractivity contribution in [2.24, 2.45) is 0 Å². The molecule has 0 bridgehead atoms. The zero-order valence-electron chi connectivity index (χ0n) is 11.6. The molecular formula is C16H17NO2S2. The van der Waals surface area contributed by atoms with E-state index in [0.29, 0.717) is 11.4 Å². The number of sulfonamides is 1. The van der Waals surface area contributed by atoms with Crippen LogP contribution in [-0.2, 0) is 16.6 Å². The van der Waals surface area contributed by atoms with Crippen LogP contribution in [0.5, 0.6) is 0 Å². The van der Waals surface area contributed by atoms with E-state index < -0.39 is 10.0 Å². The molecule has 2 aromatic carbocycles. The fourth-order valence-corrected chi connectivity index (χ4v) is 4.92. The molecule has 0 aromatic heterocycles. The lowest BCUT2D eigenvalue weighted by Gasteiger charge is -2.36. The third kappa shape index (κ3) is 3.15. The van der Waals surface area contributed by atoms with Gasteiger partial charge in [0.05, 0.1) is 4.90 Å². The molecule has 1 heterocycles. The first-order valence-corrected chi connectivity index (χ1v) is 9.46. The van der Waals surface area contributed by atoms with Crippen LogP contribution in [0.1, 0.15) is 5.56 Å². The molecule has 0 spiro atoms. The molecule has 2 aromatic rings. The van der Waals surface area contributed by atoms with Crippen LogP contribution in [0.3, 0.4) is 0 Å². The van der Waals surface area contributed by atoms with Gasteiger partial charge in [0, 0.05) is 24.1 Å². The smallest absolute Gasteiger partial charge is 0.207 e. The summed E-state index contributed by atoms with van der Waals surface area (Å²) >= 11 is 1.79. The Labute approximate surface area is 130 Å². The third-order valence-electron chi connectivity index (χ3n) is 3.56. The molecule has 3 rings (SSSR count). The van der Waals surface area contributed by atoms with Crippen LogP contribution in [0, 0.1) is 0 Å². The highest BCUT2D eigenvalue weighted by Crippen LogP contribution is 2.30. The quantitative estimate of drug-likeness (QED) is 0.850. The Morgan fingerprint density at radius 3 is 2.05 bits per heavy atom. The molecule has 0 saturated carbocycles. The molecule has 1 aliphatic rings. The number of nitrogens with zero attached hydrogens (tertiary/aromatic N) is 1. The minimum Gasteiger partial charge on any atom is -0.207 e. The number of benzene rings is 2. The van der Waals surface area contributed by atoms with E-state index in [1.54, 1.807) is 40.3 Å². The topological polar surface area (TPSA) is 37.4 Å². The number of thioether (sulfide) groups is 1. The molecule has 1 aliphatic heterocycles. The Bertz CT molecular complexity index is 683. The molecule has 1 saturated heterocycles. The van der Waals surface area contributed by atoms with Crippen molar-refractivity contribution in [3.05, 3.63) is 66.2 Å². The van der Waals surface area contributed by atoms with Gasteiger partial charge in [0.15, 0.2) is 0 Å². The number of rotatable bonds is 5. The summed E-state index contributed by atoms with van der Waals surface area (Å²) < 4.78 is 27.4. The maximum Gasteiger partial charge on any atom is 0.243 e. The second-order valence-corrected chi connectivity index (χ2v) is 8.01. The van der Waals surface area contributed by atoms with Crippen molar-refractivity contribution >= 4 is 21.8 Å².